The zero-order valence-corrected chi connectivity index (χ0v) is 16.2. The Bertz CT molecular complexity index is 873. The van der Waals surface area contributed by atoms with Crippen LogP contribution in [-0.4, -0.2) is 35.4 Å². The van der Waals surface area contributed by atoms with Crippen molar-refractivity contribution in [3.63, 3.8) is 0 Å². The van der Waals surface area contributed by atoms with Crippen LogP contribution in [0.25, 0.3) is 0 Å². The Morgan fingerprint density at radius 3 is 2.70 bits per heavy atom. The van der Waals surface area contributed by atoms with E-state index < -0.39 is 0 Å². The van der Waals surface area contributed by atoms with E-state index in [1.165, 1.54) is 16.5 Å². The van der Waals surface area contributed by atoms with Crippen LogP contribution in [0.2, 0.25) is 0 Å². The fourth-order valence-corrected chi connectivity index (χ4v) is 5.12. The number of amides is 1. The minimum Gasteiger partial charge on any atom is -0.366 e. The van der Waals surface area contributed by atoms with E-state index in [0.717, 1.165) is 38.8 Å². The molecule has 2 aromatic rings. The molecule has 4 rings (SSSR count). The maximum atomic E-state index is 13.1. The van der Waals surface area contributed by atoms with Gasteiger partial charge in [-0.05, 0) is 61.7 Å². The zero-order chi connectivity index (χ0) is 19.0. The summed E-state index contributed by atoms with van der Waals surface area (Å²) in [6.45, 7) is 4.34. The number of hydrogen-bond acceptors (Lipinski definition) is 5. The van der Waals surface area contributed by atoms with E-state index in [-0.39, 0.29) is 22.6 Å². The van der Waals surface area contributed by atoms with Crippen molar-refractivity contribution in [1.82, 2.24) is 4.90 Å². The third-order valence-electron chi connectivity index (χ3n) is 5.65. The summed E-state index contributed by atoms with van der Waals surface area (Å²) < 4.78 is 0. The second-order valence-electron chi connectivity index (χ2n) is 7.23. The van der Waals surface area contributed by atoms with Gasteiger partial charge in [0.15, 0.2) is 0 Å². The molecule has 0 N–H and O–H groups in total. The van der Waals surface area contributed by atoms with Crippen molar-refractivity contribution in [2.75, 3.05) is 24.5 Å². The van der Waals surface area contributed by atoms with Crippen molar-refractivity contribution in [2.45, 2.75) is 38.6 Å². The van der Waals surface area contributed by atoms with Crippen LogP contribution in [0.3, 0.4) is 0 Å². The molecule has 6 nitrogen and oxygen atoms in total. The number of hydrogen-bond donors (Lipinski definition) is 0. The van der Waals surface area contributed by atoms with Gasteiger partial charge in [0.2, 0.25) is 0 Å². The first-order valence-corrected chi connectivity index (χ1v) is 10.3. The molecule has 0 spiro atoms. The van der Waals surface area contributed by atoms with Gasteiger partial charge < -0.3 is 9.80 Å². The molecule has 0 bridgehead atoms. The van der Waals surface area contributed by atoms with Crippen molar-refractivity contribution in [1.29, 1.82) is 0 Å². The van der Waals surface area contributed by atoms with E-state index >= 15 is 0 Å². The molecule has 1 aromatic heterocycles. The minimum absolute atomic E-state index is 0.00618. The average Bonchev–Trinajstić information content (AvgIpc) is 3.18. The van der Waals surface area contributed by atoms with Crippen molar-refractivity contribution in [2.24, 2.45) is 0 Å². The molecule has 2 aliphatic rings. The molecule has 1 aromatic carbocycles. The van der Waals surface area contributed by atoms with Crippen molar-refractivity contribution in [3.05, 3.63) is 55.8 Å². The third-order valence-corrected chi connectivity index (χ3v) is 6.65. The van der Waals surface area contributed by atoms with Gasteiger partial charge in [0.25, 0.3) is 11.6 Å². The summed E-state index contributed by atoms with van der Waals surface area (Å²) >= 11 is 1.73. The minimum atomic E-state index is -0.364. The first kappa shape index (κ1) is 18.0. The predicted molar refractivity (Wildman–Crippen MR) is 107 cm³/mol. The molecule has 142 valence electrons. The molecule has 7 heteroatoms. The average molecular weight is 385 g/mol. The number of carbonyl (C=O) groups is 1. The second kappa shape index (κ2) is 7.31. The second-order valence-corrected chi connectivity index (χ2v) is 8.23. The molecule has 1 atom stereocenters. The van der Waals surface area contributed by atoms with Crippen LogP contribution in [0.4, 0.5) is 11.4 Å². The standard InChI is InChI=1S/C20H23N3O3S/c1-14-16-8-12-27-19(16)7-11-22(14)20(24)15-5-6-17(18(13-15)23(25)26)21-9-3-2-4-10-21/h5-6,8,12-14H,2-4,7,9-11H2,1H3. The van der Waals surface area contributed by atoms with Crippen LogP contribution in [0, 0.1) is 10.1 Å². The highest BCUT2D eigenvalue weighted by Gasteiger charge is 2.30. The van der Waals surface area contributed by atoms with Gasteiger partial charge in [0, 0.05) is 36.1 Å². The normalized spacial score (nSPS) is 19.7. The zero-order valence-electron chi connectivity index (χ0n) is 15.4. The number of nitro benzene ring substituents is 1. The van der Waals surface area contributed by atoms with Crippen molar-refractivity contribution < 1.29 is 9.72 Å². The van der Waals surface area contributed by atoms with Gasteiger partial charge in [0.1, 0.15) is 5.69 Å². The fraction of sp³-hybridized carbons (Fsp3) is 0.450. The van der Waals surface area contributed by atoms with Crippen LogP contribution in [0.5, 0.6) is 0 Å². The summed E-state index contributed by atoms with van der Waals surface area (Å²) in [6, 6.07) is 7.03. The molecule has 1 amide bonds. The summed E-state index contributed by atoms with van der Waals surface area (Å²) in [5.74, 6) is -0.132. The first-order chi connectivity index (χ1) is 13.1. The van der Waals surface area contributed by atoms with Crippen LogP contribution in [-0.2, 0) is 6.42 Å². The Labute approximate surface area is 162 Å². The number of carbonyl (C=O) groups excluding carboxylic acids is 1. The summed E-state index contributed by atoms with van der Waals surface area (Å²) in [5, 5.41) is 13.7. The molecule has 27 heavy (non-hydrogen) atoms. The Hall–Kier alpha value is -2.41. The largest absolute Gasteiger partial charge is 0.366 e. The lowest BCUT2D eigenvalue weighted by molar-refractivity contribution is -0.384. The number of nitrogens with zero attached hydrogens (tertiary/aromatic N) is 3. The first-order valence-electron chi connectivity index (χ1n) is 9.47. The molecule has 1 unspecified atom stereocenters. The maximum Gasteiger partial charge on any atom is 0.293 e. The van der Waals surface area contributed by atoms with Crippen molar-refractivity contribution >= 4 is 28.6 Å². The highest BCUT2D eigenvalue weighted by Crippen LogP contribution is 2.35. The number of nitro groups is 1. The van der Waals surface area contributed by atoms with E-state index in [1.807, 2.05) is 11.8 Å². The van der Waals surface area contributed by atoms with Gasteiger partial charge >= 0.3 is 0 Å². The van der Waals surface area contributed by atoms with Crippen LogP contribution >= 0.6 is 11.3 Å². The highest BCUT2D eigenvalue weighted by atomic mass is 32.1. The monoisotopic (exact) mass is 385 g/mol. The van der Waals surface area contributed by atoms with Crippen LogP contribution in [0.15, 0.2) is 29.6 Å². The Balaban J connectivity index is 1.63. The smallest absolute Gasteiger partial charge is 0.293 e. The van der Waals surface area contributed by atoms with Gasteiger partial charge in [-0.25, -0.2) is 0 Å². The van der Waals surface area contributed by atoms with E-state index in [9.17, 15) is 14.9 Å². The molecule has 0 radical (unpaired) electrons. The fourth-order valence-electron chi connectivity index (χ4n) is 4.16. The van der Waals surface area contributed by atoms with Gasteiger partial charge in [-0.2, -0.15) is 0 Å². The van der Waals surface area contributed by atoms with Crippen molar-refractivity contribution in [3.8, 4) is 0 Å². The van der Waals surface area contributed by atoms with Gasteiger partial charge in [-0.1, -0.05) is 0 Å². The molecular formula is C20H23N3O3S. The number of rotatable bonds is 3. The topological polar surface area (TPSA) is 66.7 Å². The maximum absolute atomic E-state index is 13.1. The Kier molecular flexibility index (Phi) is 4.86. The molecular weight excluding hydrogens is 362 g/mol. The lowest BCUT2D eigenvalue weighted by atomic mass is 10.00. The van der Waals surface area contributed by atoms with Gasteiger partial charge in [0.05, 0.1) is 11.0 Å². The van der Waals surface area contributed by atoms with E-state index in [2.05, 4.69) is 16.3 Å². The quantitative estimate of drug-likeness (QED) is 0.580. The van der Waals surface area contributed by atoms with E-state index in [0.29, 0.717) is 17.8 Å². The van der Waals surface area contributed by atoms with E-state index in [1.54, 1.807) is 23.5 Å². The van der Waals surface area contributed by atoms with Crippen LogP contribution in [0.1, 0.15) is 53.0 Å². The molecule has 0 aliphatic carbocycles. The predicted octanol–water partition coefficient (Wildman–Crippen LogP) is 4.41. The molecule has 3 heterocycles. The third kappa shape index (κ3) is 3.32. The van der Waals surface area contributed by atoms with E-state index in [4.69, 9.17) is 0 Å². The molecule has 1 saturated heterocycles. The number of fused-ring (bicyclic) bond motifs is 1. The highest BCUT2D eigenvalue weighted by molar-refractivity contribution is 7.10. The Morgan fingerprint density at radius 2 is 1.96 bits per heavy atom. The number of anilines is 1. The molecule has 2 aliphatic heterocycles. The number of piperidine rings is 1. The Morgan fingerprint density at radius 1 is 1.19 bits per heavy atom. The summed E-state index contributed by atoms with van der Waals surface area (Å²) in [5.41, 5.74) is 2.25. The summed E-state index contributed by atoms with van der Waals surface area (Å²) in [7, 11) is 0. The summed E-state index contributed by atoms with van der Waals surface area (Å²) in [6.07, 6.45) is 4.10. The SMILES string of the molecule is CC1c2ccsc2CCN1C(=O)c1ccc(N2CCCCC2)c([N+](=O)[O-])c1. The molecule has 0 saturated carbocycles. The number of benzene rings is 1. The molecule has 1 fully saturated rings. The van der Waals surface area contributed by atoms with Gasteiger partial charge in [-0.15, -0.1) is 11.3 Å². The lowest BCUT2D eigenvalue weighted by Crippen LogP contribution is -2.38. The number of thiophene rings is 1. The lowest BCUT2D eigenvalue weighted by Gasteiger charge is -2.34. The summed E-state index contributed by atoms with van der Waals surface area (Å²) in [4.78, 5) is 29.6. The van der Waals surface area contributed by atoms with Gasteiger partial charge in [-0.3, -0.25) is 14.9 Å². The van der Waals surface area contributed by atoms with Crippen LogP contribution < -0.4 is 4.90 Å².